The number of hydrogen-bond acceptors (Lipinski definition) is 6. The van der Waals surface area contributed by atoms with Crippen molar-refractivity contribution in [3.05, 3.63) is 66.7 Å². The summed E-state index contributed by atoms with van der Waals surface area (Å²) in [5.41, 5.74) is 10.4. The molecule has 174 valence electrons. The molecule has 0 amide bonds. The highest BCUT2D eigenvalue weighted by Crippen LogP contribution is 2.34. The number of phenolic OH excluding ortho intramolecular Hbond substituents is 1. The van der Waals surface area contributed by atoms with E-state index in [1.807, 2.05) is 49.7 Å². The number of nitrogen functional groups attached to an aromatic ring is 1. The van der Waals surface area contributed by atoms with Crippen LogP contribution in [0.2, 0.25) is 0 Å². The first-order valence-corrected chi connectivity index (χ1v) is 12.8. The summed E-state index contributed by atoms with van der Waals surface area (Å²) in [6.07, 6.45) is 4.89. The third-order valence-electron chi connectivity index (χ3n) is 6.37. The summed E-state index contributed by atoms with van der Waals surface area (Å²) in [6, 6.07) is 23.1. The van der Waals surface area contributed by atoms with Crippen LogP contribution in [0.15, 0.2) is 71.6 Å². The minimum absolute atomic E-state index is 0.152. The summed E-state index contributed by atoms with van der Waals surface area (Å²) in [6.45, 7) is 4.82. The highest BCUT2D eigenvalue weighted by Gasteiger charge is 2.31. The highest BCUT2D eigenvalue weighted by molar-refractivity contribution is 7.98. The molecule has 5 rings (SSSR count). The van der Waals surface area contributed by atoms with E-state index >= 15 is 0 Å². The zero-order valence-corrected chi connectivity index (χ0v) is 20.3. The number of anilines is 3. The molecule has 1 saturated carbocycles. The Morgan fingerprint density at radius 1 is 0.909 bits per heavy atom. The Hall–Kier alpha value is -2.83. The minimum atomic E-state index is 0.152. The zero-order chi connectivity index (χ0) is 23.2. The Bertz CT molecular complexity index is 1030. The maximum absolute atomic E-state index is 9.85. The molecular weight excluding hydrogens is 428 g/mol. The van der Waals surface area contributed by atoms with Gasteiger partial charge in [-0.05, 0) is 67.1 Å². The molecule has 1 heterocycles. The Labute approximate surface area is 201 Å². The van der Waals surface area contributed by atoms with E-state index in [0.717, 1.165) is 17.2 Å². The van der Waals surface area contributed by atoms with Gasteiger partial charge in [0.25, 0.3) is 0 Å². The monoisotopic (exact) mass is 462 g/mol. The molecule has 3 aromatic carbocycles. The van der Waals surface area contributed by atoms with E-state index in [-0.39, 0.29) is 5.75 Å². The SMILES string of the molecule is CNc1ccc(N2CCN(C3CC3)CC2)cc1.CSc1ccc(-c2cccc(N)c2O)cc1. The molecule has 6 heteroatoms. The van der Waals surface area contributed by atoms with Gasteiger partial charge in [0.1, 0.15) is 5.75 Å². The van der Waals surface area contributed by atoms with Gasteiger partial charge in [0.05, 0.1) is 5.69 Å². The van der Waals surface area contributed by atoms with Crippen molar-refractivity contribution in [2.24, 2.45) is 0 Å². The van der Waals surface area contributed by atoms with Gasteiger partial charge in [-0.25, -0.2) is 0 Å². The number of piperazine rings is 1. The number of para-hydroxylation sites is 1. The van der Waals surface area contributed by atoms with Crippen molar-refractivity contribution in [2.45, 2.75) is 23.8 Å². The van der Waals surface area contributed by atoms with Crippen LogP contribution in [0.5, 0.6) is 5.75 Å². The lowest BCUT2D eigenvalue weighted by Gasteiger charge is -2.36. The molecule has 0 unspecified atom stereocenters. The Kier molecular flexibility index (Phi) is 7.68. The maximum Gasteiger partial charge on any atom is 0.146 e. The van der Waals surface area contributed by atoms with Crippen LogP contribution < -0.4 is 16.0 Å². The number of rotatable bonds is 5. The smallest absolute Gasteiger partial charge is 0.146 e. The number of benzene rings is 3. The number of nitrogens with zero attached hydrogens (tertiary/aromatic N) is 2. The average Bonchev–Trinajstić information content (AvgIpc) is 3.72. The summed E-state index contributed by atoms with van der Waals surface area (Å²) < 4.78 is 0. The summed E-state index contributed by atoms with van der Waals surface area (Å²) >= 11 is 1.69. The first-order valence-electron chi connectivity index (χ1n) is 11.6. The van der Waals surface area contributed by atoms with Gasteiger partial charge in [-0.3, -0.25) is 4.90 Å². The van der Waals surface area contributed by atoms with E-state index in [9.17, 15) is 5.11 Å². The molecule has 33 heavy (non-hydrogen) atoms. The zero-order valence-electron chi connectivity index (χ0n) is 19.5. The molecule has 0 spiro atoms. The Morgan fingerprint density at radius 2 is 1.58 bits per heavy atom. The van der Waals surface area contributed by atoms with Crippen molar-refractivity contribution in [3.8, 4) is 16.9 Å². The molecule has 0 aromatic heterocycles. The molecule has 0 bridgehead atoms. The van der Waals surface area contributed by atoms with Crippen LogP contribution in [0.25, 0.3) is 11.1 Å². The average molecular weight is 463 g/mol. The van der Waals surface area contributed by atoms with Gasteiger partial charge in [0.2, 0.25) is 0 Å². The molecule has 2 fully saturated rings. The fourth-order valence-electron chi connectivity index (χ4n) is 4.19. The quantitative estimate of drug-likeness (QED) is 0.269. The molecule has 0 radical (unpaired) electrons. The van der Waals surface area contributed by atoms with Crippen molar-refractivity contribution in [1.29, 1.82) is 0 Å². The lowest BCUT2D eigenvalue weighted by molar-refractivity contribution is 0.248. The van der Waals surface area contributed by atoms with Gasteiger partial charge in [-0.15, -0.1) is 11.8 Å². The summed E-state index contributed by atoms with van der Waals surface area (Å²) in [5, 5.41) is 13.0. The topological polar surface area (TPSA) is 64.8 Å². The van der Waals surface area contributed by atoms with Crippen LogP contribution in [-0.4, -0.2) is 55.5 Å². The molecule has 2 aliphatic rings. The van der Waals surface area contributed by atoms with Crippen molar-refractivity contribution < 1.29 is 5.11 Å². The molecule has 5 nitrogen and oxygen atoms in total. The number of aromatic hydroxyl groups is 1. The third kappa shape index (κ3) is 5.95. The highest BCUT2D eigenvalue weighted by atomic mass is 32.2. The number of phenols is 1. The fourth-order valence-corrected chi connectivity index (χ4v) is 4.60. The van der Waals surface area contributed by atoms with E-state index in [0.29, 0.717) is 5.69 Å². The van der Waals surface area contributed by atoms with Crippen molar-refractivity contribution >= 4 is 28.8 Å². The largest absolute Gasteiger partial charge is 0.505 e. The van der Waals surface area contributed by atoms with Gasteiger partial charge >= 0.3 is 0 Å². The van der Waals surface area contributed by atoms with Gasteiger partial charge in [0, 0.05) is 61.1 Å². The molecule has 1 saturated heterocycles. The van der Waals surface area contributed by atoms with E-state index in [4.69, 9.17) is 5.73 Å². The van der Waals surface area contributed by atoms with Gasteiger partial charge in [0.15, 0.2) is 0 Å². The van der Waals surface area contributed by atoms with E-state index in [1.54, 1.807) is 17.8 Å². The summed E-state index contributed by atoms with van der Waals surface area (Å²) in [7, 11) is 1.96. The lowest BCUT2D eigenvalue weighted by Crippen LogP contribution is -2.47. The molecule has 1 aliphatic heterocycles. The molecule has 3 aromatic rings. The Morgan fingerprint density at radius 3 is 2.15 bits per heavy atom. The Balaban J connectivity index is 0.000000157. The first-order chi connectivity index (χ1) is 16.1. The number of hydrogen-bond donors (Lipinski definition) is 3. The molecule has 4 N–H and O–H groups in total. The molecular formula is C27H34N4OS. The summed E-state index contributed by atoms with van der Waals surface area (Å²) in [5.74, 6) is 0.152. The van der Waals surface area contributed by atoms with Crippen molar-refractivity contribution in [3.63, 3.8) is 0 Å². The number of nitrogens with one attached hydrogen (secondary N) is 1. The standard InChI is InChI=1S/C14H21N3.C13H13NOS/c1-15-12-2-4-13(5-3-12)16-8-10-17(11-9-16)14-6-7-14;1-16-10-7-5-9(6-8-10)11-3-2-4-12(14)13(11)15/h2-5,14-15H,6-11H2,1H3;2-8,15H,14H2,1H3. The van der Waals surface area contributed by atoms with Crippen LogP contribution in [0.3, 0.4) is 0 Å². The van der Waals surface area contributed by atoms with Crippen molar-refractivity contribution in [2.75, 3.05) is 55.4 Å². The van der Waals surface area contributed by atoms with Crippen LogP contribution in [0, 0.1) is 0 Å². The number of nitrogens with two attached hydrogens (primary N) is 1. The minimum Gasteiger partial charge on any atom is -0.505 e. The number of thioether (sulfide) groups is 1. The third-order valence-corrected chi connectivity index (χ3v) is 7.11. The first kappa shape index (κ1) is 23.3. The van der Waals surface area contributed by atoms with Crippen LogP contribution in [-0.2, 0) is 0 Å². The van der Waals surface area contributed by atoms with Crippen LogP contribution >= 0.6 is 11.8 Å². The maximum atomic E-state index is 9.85. The second-order valence-corrected chi connectivity index (χ2v) is 9.40. The van der Waals surface area contributed by atoms with E-state index in [1.165, 1.54) is 55.3 Å². The van der Waals surface area contributed by atoms with Crippen LogP contribution in [0.1, 0.15) is 12.8 Å². The molecule has 0 atom stereocenters. The van der Waals surface area contributed by atoms with Crippen LogP contribution in [0.4, 0.5) is 17.1 Å². The van der Waals surface area contributed by atoms with Gasteiger partial charge < -0.3 is 21.1 Å². The second-order valence-electron chi connectivity index (χ2n) is 8.52. The second kappa shape index (κ2) is 10.9. The predicted octanol–water partition coefficient (Wildman–Crippen LogP) is 5.38. The van der Waals surface area contributed by atoms with E-state index in [2.05, 4.69) is 39.4 Å². The predicted molar refractivity (Wildman–Crippen MR) is 143 cm³/mol. The lowest BCUT2D eigenvalue weighted by atomic mass is 10.0. The van der Waals surface area contributed by atoms with Gasteiger partial charge in [-0.1, -0.05) is 24.3 Å². The fraction of sp³-hybridized carbons (Fsp3) is 0.333. The normalized spacial score (nSPS) is 16.1. The van der Waals surface area contributed by atoms with E-state index < -0.39 is 0 Å². The molecule has 1 aliphatic carbocycles. The van der Waals surface area contributed by atoms with Gasteiger partial charge in [-0.2, -0.15) is 0 Å². The van der Waals surface area contributed by atoms with Crippen molar-refractivity contribution in [1.82, 2.24) is 4.90 Å². The summed E-state index contributed by atoms with van der Waals surface area (Å²) in [4.78, 5) is 6.35.